The molecule has 1 aliphatic carbocycles. The van der Waals surface area contributed by atoms with Crippen LogP contribution in [0.4, 0.5) is 0 Å². The standard InChI is InChI=1S/C46H54N8O7/c47-23-20-35-43(58)54-25-9-15-39(54)44(59)53-24-8-14-38(53)42(57)50-37(27-30-28-48-34-13-5-4-12-33(30)34)41(56)52-46(21-6-7-22-46)45(60)51-36(40(55)49-35)26-29-16-18-32(19-17-29)61-31-10-2-1-3-11-31/h1-5,10-13,16-19,28,35-39,48H,6-9,14-15,20-27,47H2,(H,49,55)(H,50,57)(H,51,60)(H,52,56)/t35-,36-,37-,38+,39+/m0/s1. The SMILES string of the molecule is NCC[C@@H]1NC(=O)[C@H](Cc2ccc(Oc3ccccc3)cc2)NC(=O)C2(CCCC2)NC(=O)[C@H](Cc2c[nH]c3ccccc23)NC(=O)[C@H]2CCCN2C(=O)[C@H]2CCCN2C1=O. The van der Waals surface area contributed by atoms with Gasteiger partial charge in [0.25, 0.3) is 0 Å². The summed E-state index contributed by atoms with van der Waals surface area (Å²) in [4.78, 5) is 93.1. The maximum Gasteiger partial charge on any atom is 0.246 e. The van der Waals surface area contributed by atoms with E-state index in [-0.39, 0.29) is 31.7 Å². The summed E-state index contributed by atoms with van der Waals surface area (Å²) in [5.74, 6) is -1.68. The number of nitrogens with zero attached hydrogens (tertiary/aromatic N) is 2. The fourth-order valence-corrected chi connectivity index (χ4v) is 9.45. The van der Waals surface area contributed by atoms with Crippen molar-refractivity contribution in [2.45, 2.75) is 106 Å². The number of aromatic nitrogens is 1. The summed E-state index contributed by atoms with van der Waals surface area (Å²) < 4.78 is 5.97. The van der Waals surface area contributed by atoms with Crippen molar-refractivity contribution in [1.82, 2.24) is 36.1 Å². The maximum absolute atomic E-state index is 14.7. The molecule has 1 spiro atoms. The average Bonchev–Trinajstić information content (AvgIpc) is 4.11. The Bertz CT molecular complexity index is 2260. The lowest BCUT2D eigenvalue weighted by molar-refractivity contribution is -0.148. The highest BCUT2D eigenvalue weighted by molar-refractivity contribution is 6.00. The van der Waals surface area contributed by atoms with E-state index in [9.17, 15) is 28.8 Å². The van der Waals surface area contributed by atoms with Gasteiger partial charge in [-0.05, 0) is 92.9 Å². The summed E-state index contributed by atoms with van der Waals surface area (Å²) in [5.41, 5.74) is 7.00. The molecule has 61 heavy (non-hydrogen) atoms. The Morgan fingerprint density at radius 2 is 1.28 bits per heavy atom. The number of ether oxygens (including phenoxy) is 1. The molecular formula is C46H54N8O7. The Hall–Kier alpha value is -6.22. The normalized spacial score (nSPS) is 25.0. The van der Waals surface area contributed by atoms with Crippen molar-refractivity contribution in [1.29, 1.82) is 0 Å². The maximum atomic E-state index is 14.7. The molecule has 4 aliphatic rings. The molecule has 0 bridgehead atoms. The zero-order valence-corrected chi connectivity index (χ0v) is 34.2. The highest BCUT2D eigenvalue weighted by atomic mass is 16.5. The van der Waals surface area contributed by atoms with Gasteiger partial charge in [-0.3, -0.25) is 28.8 Å². The summed E-state index contributed by atoms with van der Waals surface area (Å²) in [5, 5.41) is 12.8. The first kappa shape index (κ1) is 41.5. The quantitative estimate of drug-likeness (QED) is 0.155. The van der Waals surface area contributed by atoms with Gasteiger partial charge in [0.15, 0.2) is 0 Å². The van der Waals surface area contributed by atoms with Crippen LogP contribution in [0, 0.1) is 0 Å². The number of hydrogen-bond acceptors (Lipinski definition) is 8. The fourth-order valence-electron chi connectivity index (χ4n) is 9.45. The molecule has 3 aliphatic heterocycles. The molecule has 1 saturated carbocycles. The summed E-state index contributed by atoms with van der Waals surface area (Å²) in [7, 11) is 0. The number of rotatable bonds is 8. The van der Waals surface area contributed by atoms with Gasteiger partial charge in [0.1, 0.15) is 47.2 Å². The molecule has 1 aromatic heterocycles. The molecular weight excluding hydrogens is 777 g/mol. The minimum Gasteiger partial charge on any atom is -0.457 e. The zero-order valence-electron chi connectivity index (χ0n) is 34.2. The Morgan fingerprint density at radius 3 is 2.02 bits per heavy atom. The van der Waals surface area contributed by atoms with Gasteiger partial charge in [0.05, 0.1) is 0 Å². The summed E-state index contributed by atoms with van der Waals surface area (Å²) in [6, 6.07) is 19.1. The van der Waals surface area contributed by atoms with Crippen molar-refractivity contribution < 1.29 is 33.5 Å². The van der Waals surface area contributed by atoms with Crippen molar-refractivity contribution in [3.63, 3.8) is 0 Å². The predicted molar refractivity (Wildman–Crippen MR) is 227 cm³/mol. The largest absolute Gasteiger partial charge is 0.457 e. The Balaban J connectivity index is 1.14. The van der Waals surface area contributed by atoms with Crippen LogP contribution in [-0.2, 0) is 41.6 Å². The molecule has 5 atom stereocenters. The number of nitrogens with one attached hydrogen (secondary N) is 5. The van der Waals surface area contributed by atoms with E-state index in [1.165, 1.54) is 9.80 Å². The molecule has 15 heteroatoms. The van der Waals surface area contributed by atoms with E-state index in [0.29, 0.717) is 81.5 Å². The molecule has 0 unspecified atom stereocenters. The molecule has 7 N–H and O–H groups in total. The van der Waals surface area contributed by atoms with Gasteiger partial charge in [-0.15, -0.1) is 0 Å². The number of amides is 6. The molecule has 4 heterocycles. The number of hydrogen-bond donors (Lipinski definition) is 6. The summed E-state index contributed by atoms with van der Waals surface area (Å²) in [6.45, 7) is 0.693. The second-order valence-corrected chi connectivity index (χ2v) is 16.7. The molecule has 4 aromatic rings. The van der Waals surface area contributed by atoms with E-state index < -0.39 is 65.3 Å². The van der Waals surface area contributed by atoms with Crippen molar-refractivity contribution >= 4 is 46.3 Å². The molecule has 3 saturated heterocycles. The Labute approximate surface area is 354 Å². The first-order valence-electron chi connectivity index (χ1n) is 21.5. The molecule has 0 radical (unpaired) electrons. The van der Waals surface area contributed by atoms with Crippen LogP contribution >= 0.6 is 0 Å². The van der Waals surface area contributed by atoms with Gasteiger partial charge >= 0.3 is 0 Å². The molecule has 8 rings (SSSR count). The summed E-state index contributed by atoms with van der Waals surface area (Å²) in [6.07, 6.45) is 5.92. The van der Waals surface area contributed by atoms with Crippen LogP contribution in [0.3, 0.4) is 0 Å². The van der Waals surface area contributed by atoms with Crippen molar-refractivity contribution in [3.8, 4) is 11.5 Å². The number of benzene rings is 3. The Kier molecular flexibility index (Phi) is 12.4. The second kappa shape index (κ2) is 18.2. The number of fused-ring (bicyclic) bond motifs is 3. The minimum absolute atomic E-state index is 0.0527. The number of para-hydroxylation sites is 2. The van der Waals surface area contributed by atoms with E-state index in [0.717, 1.165) is 16.5 Å². The number of aromatic amines is 1. The van der Waals surface area contributed by atoms with Gasteiger partial charge in [-0.2, -0.15) is 0 Å². The third-order valence-corrected chi connectivity index (χ3v) is 12.7. The lowest BCUT2D eigenvalue weighted by atomic mass is 9.93. The van der Waals surface area contributed by atoms with E-state index in [2.05, 4.69) is 26.3 Å². The molecule has 4 fully saturated rings. The van der Waals surface area contributed by atoms with Crippen molar-refractivity contribution in [3.05, 3.63) is 96.2 Å². The topological polar surface area (TPSA) is 208 Å². The van der Waals surface area contributed by atoms with E-state index in [4.69, 9.17) is 10.5 Å². The van der Waals surface area contributed by atoms with Crippen LogP contribution in [0.5, 0.6) is 11.5 Å². The van der Waals surface area contributed by atoms with E-state index >= 15 is 0 Å². The van der Waals surface area contributed by atoms with Crippen molar-refractivity contribution in [2.24, 2.45) is 5.73 Å². The Morgan fingerprint density at radius 1 is 0.639 bits per heavy atom. The molecule has 6 amide bonds. The monoisotopic (exact) mass is 830 g/mol. The lowest BCUT2D eigenvalue weighted by Gasteiger charge is -2.35. The van der Waals surface area contributed by atoms with E-state index in [1.807, 2.05) is 72.9 Å². The number of H-pyrrole nitrogens is 1. The lowest BCUT2D eigenvalue weighted by Crippen LogP contribution is -2.65. The van der Waals surface area contributed by atoms with Crippen LogP contribution in [0.2, 0.25) is 0 Å². The first-order valence-corrected chi connectivity index (χ1v) is 21.5. The predicted octanol–water partition coefficient (Wildman–Crippen LogP) is 2.97. The van der Waals surface area contributed by atoms with E-state index in [1.54, 1.807) is 12.1 Å². The highest BCUT2D eigenvalue weighted by Crippen LogP contribution is 2.32. The zero-order chi connectivity index (χ0) is 42.5. The van der Waals surface area contributed by atoms with Gasteiger partial charge in [-0.1, -0.05) is 61.4 Å². The van der Waals surface area contributed by atoms with Crippen LogP contribution in [-0.4, -0.2) is 106 Å². The van der Waals surface area contributed by atoms with Crippen LogP contribution in [0.1, 0.15) is 68.9 Å². The molecule has 3 aromatic carbocycles. The number of nitrogens with two attached hydrogens (primary N) is 1. The minimum atomic E-state index is -1.39. The smallest absolute Gasteiger partial charge is 0.246 e. The van der Waals surface area contributed by atoms with Crippen molar-refractivity contribution in [2.75, 3.05) is 19.6 Å². The van der Waals surface area contributed by atoms with Gasteiger partial charge in [0, 0.05) is 43.0 Å². The fraction of sp³-hybridized carbons (Fsp3) is 0.435. The van der Waals surface area contributed by atoms with Gasteiger partial charge < -0.3 is 46.5 Å². The third kappa shape index (κ3) is 8.97. The highest BCUT2D eigenvalue weighted by Gasteiger charge is 2.47. The van der Waals surface area contributed by atoms with Crippen LogP contribution in [0.15, 0.2) is 85.1 Å². The number of carbonyl (C=O) groups is 6. The van der Waals surface area contributed by atoms with Crippen LogP contribution in [0.25, 0.3) is 10.9 Å². The average molecular weight is 831 g/mol. The first-order chi connectivity index (χ1) is 29.6. The van der Waals surface area contributed by atoms with Gasteiger partial charge in [0.2, 0.25) is 35.4 Å². The summed E-state index contributed by atoms with van der Waals surface area (Å²) >= 11 is 0. The van der Waals surface area contributed by atoms with Crippen LogP contribution < -0.4 is 31.7 Å². The second-order valence-electron chi connectivity index (χ2n) is 16.7. The molecule has 320 valence electrons. The van der Waals surface area contributed by atoms with Gasteiger partial charge in [-0.25, -0.2) is 0 Å². The molecule has 15 nitrogen and oxygen atoms in total. The third-order valence-electron chi connectivity index (χ3n) is 12.7. The number of carbonyl (C=O) groups excluding carboxylic acids is 6.